The molecule has 1 atom stereocenters. The molecule has 1 aromatic rings. The molecular weight excluding hydrogens is 235 g/mol. The molecule has 0 heterocycles. The molecule has 0 saturated carbocycles. The number of carbonyl (C=O) groups excluding carboxylic acids is 1. The second-order valence-electron chi connectivity index (χ2n) is 3.34. The maximum atomic E-state index is 10.8. The van der Waals surface area contributed by atoms with Gasteiger partial charge in [0.15, 0.2) is 0 Å². The van der Waals surface area contributed by atoms with Crippen LogP contribution in [0, 0.1) is 6.92 Å². The van der Waals surface area contributed by atoms with Gasteiger partial charge in [0.25, 0.3) is 0 Å². The predicted molar refractivity (Wildman–Crippen MR) is 62.2 cm³/mol. The Hall–Kier alpha value is -0.730. The molecule has 2 nitrogen and oxygen atoms in total. The number of hydrogen-bond donors (Lipinski definition) is 0. The van der Waals surface area contributed by atoms with Gasteiger partial charge in [0.2, 0.25) is 0 Å². The lowest BCUT2D eigenvalue weighted by atomic mass is 9.96. The third-order valence-electron chi connectivity index (χ3n) is 2.34. The minimum absolute atomic E-state index is 0.281. The van der Waals surface area contributed by atoms with Crippen molar-refractivity contribution in [2.45, 2.75) is 19.8 Å². The van der Waals surface area contributed by atoms with E-state index in [-0.39, 0.29) is 5.92 Å². The van der Waals surface area contributed by atoms with E-state index >= 15 is 0 Å². The molecule has 0 saturated heterocycles. The fraction of sp³-hybridized carbons (Fsp3) is 0.364. The van der Waals surface area contributed by atoms with E-state index in [2.05, 4.69) is 0 Å². The summed E-state index contributed by atoms with van der Waals surface area (Å²) in [7, 11) is 1.52. The minimum atomic E-state index is -0.281. The lowest BCUT2D eigenvalue weighted by Gasteiger charge is -2.16. The molecule has 0 radical (unpaired) electrons. The van der Waals surface area contributed by atoms with Gasteiger partial charge in [-0.05, 0) is 18.6 Å². The summed E-state index contributed by atoms with van der Waals surface area (Å²) in [6, 6.07) is 1.62. The number of hydrogen-bond acceptors (Lipinski definition) is 2. The monoisotopic (exact) mass is 246 g/mol. The Morgan fingerprint density at radius 1 is 1.40 bits per heavy atom. The van der Waals surface area contributed by atoms with Crippen LogP contribution in [0.1, 0.15) is 24.0 Å². The molecule has 0 N–H and O–H groups in total. The molecule has 0 fully saturated rings. The summed E-state index contributed by atoms with van der Waals surface area (Å²) in [5, 5.41) is 0.973. The molecule has 1 aromatic carbocycles. The predicted octanol–water partition coefficient (Wildman–Crippen LogP) is 3.61. The molecule has 1 rings (SSSR count). The molecule has 0 amide bonds. The normalized spacial score (nSPS) is 12.3. The Balaban J connectivity index is 3.50. The van der Waals surface area contributed by atoms with Gasteiger partial charge in [-0.2, -0.15) is 0 Å². The highest BCUT2D eigenvalue weighted by Gasteiger charge is 2.19. The summed E-state index contributed by atoms with van der Waals surface area (Å²) in [4.78, 5) is 10.8. The van der Waals surface area contributed by atoms with Crippen molar-refractivity contribution in [3.63, 3.8) is 0 Å². The van der Waals surface area contributed by atoms with Gasteiger partial charge < -0.3 is 9.53 Å². The molecule has 15 heavy (non-hydrogen) atoms. The van der Waals surface area contributed by atoms with Gasteiger partial charge in [-0.1, -0.05) is 30.1 Å². The summed E-state index contributed by atoms with van der Waals surface area (Å²) in [5.74, 6) is 0.245. The Labute approximate surface area is 99.1 Å². The molecule has 4 heteroatoms. The van der Waals surface area contributed by atoms with Crippen molar-refractivity contribution in [3.8, 4) is 5.75 Å². The second-order valence-corrected chi connectivity index (χ2v) is 4.15. The van der Waals surface area contributed by atoms with Gasteiger partial charge >= 0.3 is 0 Å². The smallest absolute Gasteiger partial charge is 0.141 e. The van der Waals surface area contributed by atoms with E-state index in [4.69, 9.17) is 27.9 Å². The lowest BCUT2D eigenvalue weighted by Crippen LogP contribution is -2.02. The highest BCUT2D eigenvalue weighted by Crippen LogP contribution is 2.39. The maximum Gasteiger partial charge on any atom is 0.141 e. The molecule has 0 aliphatic rings. The summed E-state index contributed by atoms with van der Waals surface area (Å²) in [6.07, 6.45) is 0.845. The van der Waals surface area contributed by atoms with Crippen LogP contribution in [0.4, 0.5) is 0 Å². The van der Waals surface area contributed by atoms with Gasteiger partial charge in [0.05, 0.1) is 12.1 Å². The summed E-state index contributed by atoms with van der Waals surface area (Å²) < 4.78 is 5.19. The molecule has 0 aromatic heterocycles. The van der Waals surface area contributed by atoms with E-state index in [0.29, 0.717) is 15.8 Å². The fourth-order valence-corrected chi connectivity index (χ4v) is 2.09. The van der Waals surface area contributed by atoms with Crippen molar-refractivity contribution < 1.29 is 9.53 Å². The molecule has 0 bridgehead atoms. The standard InChI is InChI=1S/C11H12Cl2O2/c1-6(5-14)10-7(2)8(12)4-9(13)11(10)15-3/h4-6H,1-3H3/t6-/m1/s1. The van der Waals surface area contributed by atoms with Crippen molar-refractivity contribution in [2.24, 2.45) is 0 Å². The highest BCUT2D eigenvalue weighted by molar-refractivity contribution is 6.36. The van der Waals surface area contributed by atoms with Crippen LogP contribution in [0.25, 0.3) is 0 Å². The van der Waals surface area contributed by atoms with Gasteiger partial charge in [0.1, 0.15) is 12.0 Å². The van der Waals surface area contributed by atoms with Crippen LogP contribution in [0.5, 0.6) is 5.75 Å². The van der Waals surface area contributed by atoms with E-state index < -0.39 is 0 Å². The first-order valence-electron chi connectivity index (χ1n) is 4.50. The van der Waals surface area contributed by atoms with Crippen molar-refractivity contribution in [3.05, 3.63) is 27.2 Å². The first-order valence-corrected chi connectivity index (χ1v) is 5.26. The summed E-state index contributed by atoms with van der Waals surface area (Å²) in [6.45, 7) is 3.63. The van der Waals surface area contributed by atoms with Gasteiger partial charge in [0, 0.05) is 16.5 Å². The van der Waals surface area contributed by atoms with Gasteiger partial charge in [-0.3, -0.25) is 0 Å². The topological polar surface area (TPSA) is 26.3 Å². The van der Waals surface area contributed by atoms with Crippen molar-refractivity contribution >= 4 is 29.5 Å². The lowest BCUT2D eigenvalue weighted by molar-refractivity contribution is -0.108. The van der Waals surface area contributed by atoms with Crippen LogP contribution in [0.15, 0.2) is 6.07 Å². The van der Waals surface area contributed by atoms with Crippen LogP contribution >= 0.6 is 23.2 Å². The van der Waals surface area contributed by atoms with Crippen LogP contribution in [-0.2, 0) is 4.79 Å². The second kappa shape index (κ2) is 4.86. The maximum absolute atomic E-state index is 10.8. The molecule has 0 spiro atoms. The average molecular weight is 247 g/mol. The van der Waals surface area contributed by atoms with Crippen molar-refractivity contribution in [1.29, 1.82) is 0 Å². The number of methoxy groups -OCH3 is 1. The largest absolute Gasteiger partial charge is 0.495 e. The van der Waals surface area contributed by atoms with E-state index in [1.165, 1.54) is 7.11 Å². The summed E-state index contributed by atoms with van der Waals surface area (Å²) in [5.41, 5.74) is 1.59. The van der Waals surface area contributed by atoms with Gasteiger partial charge in [-0.15, -0.1) is 0 Å². The average Bonchev–Trinajstić information content (AvgIpc) is 2.21. The van der Waals surface area contributed by atoms with Gasteiger partial charge in [-0.25, -0.2) is 0 Å². The number of benzene rings is 1. The number of rotatable bonds is 3. The Kier molecular flexibility index (Phi) is 4.00. The Morgan fingerprint density at radius 2 is 2.00 bits per heavy atom. The Morgan fingerprint density at radius 3 is 2.47 bits per heavy atom. The SMILES string of the molecule is COc1c(Cl)cc(Cl)c(C)c1[C@H](C)C=O. The zero-order chi connectivity index (χ0) is 11.6. The van der Waals surface area contributed by atoms with E-state index in [0.717, 1.165) is 17.4 Å². The van der Waals surface area contributed by atoms with E-state index in [1.807, 2.05) is 6.92 Å². The number of carbonyl (C=O) groups is 1. The zero-order valence-corrected chi connectivity index (χ0v) is 10.3. The number of ether oxygens (including phenoxy) is 1. The van der Waals surface area contributed by atoms with Crippen LogP contribution in [0.3, 0.4) is 0 Å². The number of aldehydes is 1. The third-order valence-corrected chi connectivity index (χ3v) is 3.01. The molecule has 0 unspecified atom stereocenters. The highest BCUT2D eigenvalue weighted by atomic mass is 35.5. The van der Waals surface area contributed by atoms with Crippen molar-refractivity contribution in [1.82, 2.24) is 0 Å². The zero-order valence-electron chi connectivity index (χ0n) is 8.80. The third kappa shape index (κ3) is 2.27. The fourth-order valence-electron chi connectivity index (χ4n) is 1.54. The quantitative estimate of drug-likeness (QED) is 0.762. The van der Waals surface area contributed by atoms with E-state index in [1.54, 1.807) is 13.0 Å². The minimum Gasteiger partial charge on any atom is -0.495 e. The molecule has 0 aliphatic carbocycles. The van der Waals surface area contributed by atoms with Crippen LogP contribution < -0.4 is 4.74 Å². The summed E-state index contributed by atoms with van der Waals surface area (Å²) >= 11 is 12.0. The van der Waals surface area contributed by atoms with Crippen molar-refractivity contribution in [2.75, 3.05) is 7.11 Å². The first kappa shape index (κ1) is 12.3. The van der Waals surface area contributed by atoms with Crippen LogP contribution in [-0.4, -0.2) is 13.4 Å². The van der Waals surface area contributed by atoms with Crippen LogP contribution in [0.2, 0.25) is 10.0 Å². The number of halogens is 2. The first-order chi connectivity index (χ1) is 7.02. The Bertz CT molecular complexity index is 389. The molecule has 0 aliphatic heterocycles. The molecule has 82 valence electrons. The van der Waals surface area contributed by atoms with E-state index in [9.17, 15) is 4.79 Å². The molecular formula is C11H12Cl2O2.